The van der Waals surface area contributed by atoms with Gasteiger partial charge in [0, 0.05) is 31.1 Å². The van der Waals surface area contributed by atoms with Crippen LogP contribution in [0.3, 0.4) is 0 Å². The first-order valence-electron chi connectivity index (χ1n) is 9.00. The molecular formula is C18H24N4O4. The fourth-order valence-corrected chi connectivity index (χ4v) is 3.19. The molecule has 2 amide bonds. The number of anilines is 1. The molecule has 26 heavy (non-hydrogen) atoms. The number of amides is 2. The summed E-state index contributed by atoms with van der Waals surface area (Å²) in [5.74, 6) is 0.106. The smallest absolute Gasteiger partial charge is 0.293 e. The highest BCUT2D eigenvalue weighted by Gasteiger charge is 2.32. The highest BCUT2D eigenvalue weighted by molar-refractivity contribution is 5.94. The summed E-state index contributed by atoms with van der Waals surface area (Å²) in [7, 11) is 0. The number of aryl methyl sites for hydroxylation is 1. The van der Waals surface area contributed by atoms with Crippen LogP contribution in [-0.4, -0.2) is 47.3 Å². The maximum Gasteiger partial charge on any atom is 0.293 e. The number of likely N-dealkylation sites (tertiary alicyclic amines) is 1. The van der Waals surface area contributed by atoms with Gasteiger partial charge in [0.15, 0.2) is 0 Å². The SMILES string of the molecule is Cc1ccc(NC(=O)CN2CCC(NC(=O)C3CC3)CC2)c([N+](=O)[O-])c1. The van der Waals surface area contributed by atoms with Crippen LogP contribution in [0.4, 0.5) is 11.4 Å². The predicted molar refractivity (Wildman–Crippen MR) is 96.8 cm³/mol. The number of hydrogen-bond donors (Lipinski definition) is 2. The molecule has 1 heterocycles. The molecule has 1 saturated carbocycles. The average molecular weight is 360 g/mol. The van der Waals surface area contributed by atoms with Crippen LogP contribution in [0.2, 0.25) is 0 Å². The van der Waals surface area contributed by atoms with Gasteiger partial charge in [-0.25, -0.2) is 0 Å². The van der Waals surface area contributed by atoms with E-state index in [9.17, 15) is 19.7 Å². The van der Waals surface area contributed by atoms with E-state index in [2.05, 4.69) is 10.6 Å². The second kappa shape index (κ2) is 7.82. The molecule has 0 bridgehead atoms. The van der Waals surface area contributed by atoms with Gasteiger partial charge < -0.3 is 10.6 Å². The maximum atomic E-state index is 12.3. The number of hydrogen-bond acceptors (Lipinski definition) is 5. The molecule has 8 nitrogen and oxygen atoms in total. The molecule has 0 aromatic heterocycles. The summed E-state index contributed by atoms with van der Waals surface area (Å²) in [6, 6.07) is 4.92. The number of carbonyl (C=O) groups is 2. The van der Waals surface area contributed by atoms with E-state index in [4.69, 9.17) is 0 Å². The van der Waals surface area contributed by atoms with E-state index in [1.165, 1.54) is 6.07 Å². The van der Waals surface area contributed by atoms with E-state index in [0.29, 0.717) is 0 Å². The van der Waals surface area contributed by atoms with Crippen molar-refractivity contribution in [3.05, 3.63) is 33.9 Å². The highest BCUT2D eigenvalue weighted by atomic mass is 16.6. The number of rotatable bonds is 6. The van der Waals surface area contributed by atoms with Crippen LogP contribution in [-0.2, 0) is 9.59 Å². The van der Waals surface area contributed by atoms with Crippen molar-refractivity contribution in [1.29, 1.82) is 0 Å². The van der Waals surface area contributed by atoms with E-state index >= 15 is 0 Å². The maximum absolute atomic E-state index is 12.3. The summed E-state index contributed by atoms with van der Waals surface area (Å²) in [6.45, 7) is 3.40. The number of nitro benzene ring substituents is 1. The first-order chi connectivity index (χ1) is 12.4. The first-order valence-corrected chi connectivity index (χ1v) is 9.00. The van der Waals surface area contributed by atoms with Gasteiger partial charge in [-0.1, -0.05) is 6.07 Å². The van der Waals surface area contributed by atoms with Gasteiger partial charge in [0.25, 0.3) is 5.69 Å². The largest absolute Gasteiger partial charge is 0.353 e. The first kappa shape index (κ1) is 18.3. The van der Waals surface area contributed by atoms with Gasteiger partial charge in [-0.05, 0) is 44.2 Å². The van der Waals surface area contributed by atoms with Crippen molar-refractivity contribution >= 4 is 23.2 Å². The van der Waals surface area contributed by atoms with E-state index < -0.39 is 4.92 Å². The number of nitrogens with zero attached hydrogens (tertiary/aromatic N) is 2. The molecule has 3 rings (SSSR count). The Bertz CT molecular complexity index is 709. The van der Waals surface area contributed by atoms with Crippen LogP contribution in [0.15, 0.2) is 18.2 Å². The number of carbonyl (C=O) groups excluding carboxylic acids is 2. The topological polar surface area (TPSA) is 105 Å². The highest BCUT2D eigenvalue weighted by Crippen LogP contribution is 2.29. The molecule has 140 valence electrons. The lowest BCUT2D eigenvalue weighted by Crippen LogP contribution is -2.46. The second-order valence-electron chi connectivity index (χ2n) is 7.16. The number of benzene rings is 1. The summed E-state index contributed by atoms with van der Waals surface area (Å²) >= 11 is 0. The zero-order valence-electron chi connectivity index (χ0n) is 14.9. The third-order valence-corrected chi connectivity index (χ3v) is 4.87. The van der Waals surface area contributed by atoms with Crippen molar-refractivity contribution < 1.29 is 14.5 Å². The number of nitro groups is 1. The summed E-state index contributed by atoms with van der Waals surface area (Å²) in [6.07, 6.45) is 3.62. The van der Waals surface area contributed by atoms with Crippen LogP contribution in [0.1, 0.15) is 31.2 Å². The van der Waals surface area contributed by atoms with Gasteiger partial charge in [-0.3, -0.25) is 24.6 Å². The van der Waals surface area contributed by atoms with Crippen molar-refractivity contribution in [2.45, 2.75) is 38.6 Å². The van der Waals surface area contributed by atoms with Gasteiger partial charge in [-0.2, -0.15) is 0 Å². The lowest BCUT2D eigenvalue weighted by molar-refractivity contribution is -0.384. The molecule has 0 radical (unpaired) electrons. The Morgan fingerprint density at radius 3 is 2.54 bits per heavy atom. The van der Waals surface area contributed by atoms with E-state index in [1.54, 1.807) is 19.1 Å². The van der Waals surface area contributed by atoms with Gasteiger partial charge in [0.1, 0.15) is 5.69 Å². The van der Waals surface area contributed by atoms with E-state index in [1.807, 2.05) is 4.90 Å². The summed E-state index contributed by atoms with van der Waals surface area (Å²) in [5, 5.41) is 16.9. The van der Waals surface area contributed by atoms with Gasteiger partial charge >= 0.3 is 0 Å². The molecular weight excluding hydrogens is 336 g/mol. The Morgan fingerprint density at radius 2 is 1.92 bits per heavy atom. The molecule has 0 atom stereocenters. The Balaban J connectivity index is 1.47. The van der Waals surface area contributed by atoms with Crippen molar-refractivity contribution in [1.82, 2.24) is 10.2 Å². The monoisotopic (exact) mass is 360 g/mol. The van der Waals surface area contributed by atoms with Gasteiger partial charge in [0.2, 0.25) is 11.8 Å². The minimum absolute atomic E-state index is 0.0974. The molecule has 0 spiro atoms. The van der Waals surface area contributed by atoms with Crippen LogP contribution in [0, 0.1) is 23.0 Å². The van der Waals surface area contributed by atoms with Crippen molar-refractivity contribution in [3.63, 3.8) is 0 Å². The fourth-order valence-electron chi connectivity index (χ4n) is 3.19. The molecule has 2 N–H and O–H groups in total. The number of piperidine rings is 1. The van der Waals surface area contributed by atoms with Crippen molar-refractivity contribution in [3.8, 4) is 0 Å². The predicted octanol–water partition coefficient (Wildman–Crippen LogP) is 1.83. The van der Waals surface area contributed by atoms with Crippen LogP contribution in [0.25, 0.3) is 0 Å². The lowest BCUT2D eigenvalue weighted by atomic mass is 10.0. The van der Waals surface area contributed by atoms with Crippen molar-refractivity contribution in [2.24, 2.45) is 5.92 Å². The summed E-state index contributed by atoms with van der Waals surface area (Å²) in [4.78, 5) is 36.7. The Labute approximate surface area is 152 Å². The molecule has 0 unspecified atom stereocenters. The van der Waals surface area contributed by atoms with Crippen LogP contribution >= 0.6 is 0 Å². The standard InChI is InChI=1S/C18H24N4O4/c1-12-2-5-15(16(10-12)22(25)26)20-17(23)11-21-8-6-14(7-9-21)19-18(24)13-3-4-13/h2,5,10,13-14H,3-4,6-9,11H2,1H3,(H,19,24)(H,20,23). The molecule has 1 aromatic carbocycles. The Kier molecular flexibility index (Phi) is 5.51. The van der Waals surface area contributed by atoms with Gasteiger partial charge in [-0.15, -0.1) is 0 Å². The summed E-state index contributed by atoms with van der Waals surface area (Å²) < 4.78 is 0. The third-order valence-electron chi connectivity index (χ3n) is 4.87. The molecule has 1 aromatic rings. The quantitative estimate of drug-likeness (QED) is 0.595. The fraction of sp³-hybridized carbons (Fsp3) is 0.556. The molecule has 1 aliphatic carbocycles. The normalized spacial score (nSPS) is 18.3. The van der Waals surface area contributed by atoms with E-state index in [-0.39, 0.29) is 41.7 Å². The minimum Gasteiger partial charge on any atom is -0.353 e. The van der Waals surface area contributed by atoms with E-state index in [0.717, 1.165) is 44.3 Å². The third kappa shape index (κ3) is 4.78. The zero-order valence-corrected chi connectivity index (χ0v) is 14.9. The zero-order chi connectivity index (χ0) is 18.7. The lowest BCUT2D eigenvalue weighted by Gasteiger charge is -2.31. The number of nitrogens with one attached hydrogen (secondary N) is 2. The van der Waals surface area contributed by atoms with Gasteiger partial charge in [0.05, 0.1) is 11.5 Å². The molecule has 1 aliphatic heterocycles. The van der Waals surface area contributed by atoms with Crippen molar-refractivity contribution in [2.75, 3.05) is 25.0 Å². The Morgan fingerprint density at radius 1 is 1.23 bits per heavy atom. The molecule has 2 fully saturated rings. The Hall–Kier alpha value is -2.48. The average Bonchev–Trinajstić information content (AvgIpc) is 3.43. The molecule has 1 saturated heterocycles. The summed E-state index contributed by atoms with van der Waals surface area (Å²) in [5.41, 5.74) is 0.891. The van der Waals surface area contributed by atoms with Crippen LogP contribution < -0.4 is 10.6 Å². The second-order valence-corrected chi connectivity index (χ2v) is 7.16. The molecule has 8 heteroatoms. The molecule has 2 aliphatic rings. The van der Waals surface area contributed by atoms with Crippen LogP contribution in [0.5, 0.6) is 0 Å². The minimum atomic E-state index is -0.489.